The molecule has 0 spiro atoms. The zero-order valence-corrected chi connectivity index (χ0v) is 23.0. The molecule has 1 aliphatic rings. The van der Waals surface area contributed by atoms with Crippen molar-refractivity contribution >= 4 is 72.4 Å². The van der Waals surface area contributed by atoms with Gasteiger partial charge in [0.25, 0.3) is 0 Å². The van der Waals surface area contributed by atoms with Crippen molar-refractivity contribution in [2.45, 2.75) is 13.5 Å². The number of aryl methyl sites for hydroxylation is 1. The Morgan fingerprint density at radius 3 is 2.64 bits per heavy atom. The minimum atomic E-state index is -0.505. The highest BCUT2D eigenvalue weighted by molar-refractivity contribution is 14.1. The normalized spacial score (nSPS) is 14.3. The number of benzene rings is 3. The minimum Gasteiger partial charge on any atom is -0.493 e. The number of cyclic esters (lactones) is 1. The van der Waals surface area contributed by atoms with Crippen LogP contribution in [-0.4, -0.2) is 19.0 Å². The average molecular weight is 683 g/mol. The summed E-state index contributed by atoms with van der Waals surface area (Å²) in [6.45, 7) is 2.45. The van der Waals surface area contributed by atoms with Crippen LogP contribution in [0.3, 0.4) is 0 Å². The first kappa shape index (κ1) is 24.0. The average Bonchev–Trinajstić information content (AvgIpc) is 3.14. The zero-order valence-electron chi connectivity index (χ0n) is 17.7. The number of esters is 1. The quantitative estimate of drug-likeness (QED) is 0.159. The number of carbonyl (C=O) groups is 1. The summed E-state index contributed by atoms with van der Waals surface area (Å²) in [7, 11) is 1.58. The molecule has 4 rings (SSSR count). The Bertz CT molecular complexity index is 1300. The number of hydrogen-bond donors (Lipinski definition) is 0. The fourth-order valence-electron chi connectivity index (χ4n) is 3.24. The second-order valence-corrected chi connectivity index (χ2v) is 10.1. The van der Waals surface area contributed by atoms with E-state index in [1.807, 2.05) is 49.4 Å². The smallest absolute Gasteiger partial charge is 0.363 e. The second-order valence-electron chi connectivity index (χ2n) is 7.28. The molecular weight excluding hydrogens is 665 g/mol. The van der Waals surface area contributed by atoms with E-state index in [2.05, 4.69) is 65.5 Å². The van der Waals surface area contributed by atoms with E-state index in [0.29, 0.717) is 22.6 Å². The molecule has 0 radical (unpaired) electrons. The van der Waals surface area contributed by atoms with E-state index in [1.165, 1.54) is 5.56 Å². The van der Waals surface area contributed by atoms with E-state index in [1.54, 1.807) is 19.3 Å². The lowest BCUT2D eigenvalue weighted by atomic mass is 10.1. The molecule has 1 aliphatic heterocycles. The molecule has 168 valence electrons. The molecule has 0 saturated heterocycles. The number of halogens is 3. The van der Waals surface area contributed by atoms with Gasteiger partial charge in [0.1, 0.15) is 6.61 Å². The fourth-order valence-corrected chi connectivity index (χ4v) is 4.53. The largest absolute Gasteiger partial charge is 0.493 e. The van der Waals surface area contributed by atoms with Crippen molar-refractivity contribution in [1.82, 2.24) is 0 Å². The van der Waals surface area contributed by atoms with Gasteiger partial charge in [0, 0.05) is 13.6 Å². The Balaban J connectivity index is 1.59. The maximum absolute atomic E-state index is 12.4. The monoisotopic (exact) mass is 681 g/mol. The van der Waals surface area contributed by atoms with Crippen LogP contribution in [0, 0.1) is 10.5 Å². The highest BCUT2D eigenvalue weighted by Crippen LogP contribution is 2.38. The van der Waals surface area contributed by atoms with Crippen molar-refractivity contribution in [1.29, 1.82) is 0 Å². The van der Waals surface area contributed by atoms with Crippen molar-refractivity contribution < 1.29 is 19.0 Å². The van der Waals surface area contributed by atoms with Gasteiger partial charge in [-0.3, -0.25) is 0 Å². The van der Waals surface area contributed by atoms with Crippen molar-refractivity contribution in [3.63, 3.8) is 0 Å². The van der Waals surface area contributed by atoms with Gasteiger partial charge in [-0.25, -0.2) is 9.79 Å². The van der Waals surface area contributed by atoms with Crippen LogP contribution in [0.1, 0.15) is 22.3 Å². The summed E-state index contributed by atoms with van der Waals surface area (Å²) in [5, 5.41) is 0. The van der Waals surface area contributed by atoms with Gasteiger partial charge < -0.3 is 14.2 Å². The van der Waals surface area contributed by atoms with Gasteiger partial charge in [0.05, 0.1) is 11.6 Å². The van der Waals surface area contributed by atoms with Crippen LogP contribution >= 0.6 is 54.5 Å². The number of hydrogen-bond acceptors (Lipinski definition) is 5. The standard InChI is InChI=1S/C25H18Br2INO4/c1-14-4-3-5-15(8-14)13-32-23-19(27)9-16(11-22(23)31-2)10-21-25(30)33-24(29-21)17-6-7-20(28)18(26)12-17/h3-12H,13H2,1-2H3/b21-10-. The topological polar surface area (TPSA) is 57.1 Å². The lowest BCUT2D eigenvalue weighted by molar-refractivity contribution is -0.129. The zero-order chi connectivity index (χ0) is 23.5. The van der Waals surface area contributed by atoms with Gasteiger partial charge in [-0.05, 0) is 109 Å². The Hall–Kier alpha value is -2.17. The number of nitrogens with zero attached hydrogens (tertiary/aromatic N) is 1. The summed E-state index contributed by atoms with van der Waals surface area (Å²) < 4.78 is 19.6. The van der Waals surface area contributed by atoms with Gasteiger partial charge in [-0.2, -0.15) is 0 Å². The first-order chi connectivity index (χ1) is 15.8. The molecule has 0 fully saturated rings. The van der Waals surface area contributed by atoms with Crippen molar-refractivity contribution in [3.05, 3.63) is 95.1 Å². The number of rotatable bonds is 6. The van der Waals surface area contributed by atoms with Crippen molar-refractivity contribution in [2.75, 3.05) is 7.11 Å². The Morgan fingerprint density at radius 2 is 1.91 bits per heavy atom. The fraction of sp³-hybridized carbons (Fsp3) is 0.120. The predicted octanol–water partition coefficient (Wildman–Crippen LogP) is 7.06. The third-order valence-electron chi connectivity index (χ3n) is 4.81. The summed E-state index contributed by atoms with van der Waals surface area (Å²) in [6, 6.07) is 17.4. The molecule has 0 unspecified atom stereocenters. The summed E-state index contributed by atoms with van der Waals surface area (Å²) in [6.07, 6.45) is 1.66. The number of methoxy groups -OCH3 is 1. The van der Waals surface area contributed by atoms with E-state index >= 15 is 0 Å². The Morgan fingerprint density at radius 1 is 1.09 bits per heavy atom. The molecule has 0 bridgehead atoms. The van der Waals surface area contributed by atoms with Gasteiger partial charge in [0.15, 0.2) is 17.2 Å². The molecule has 8 heteroatoms. The van der Waals surface area contributed by atoms with Crippen LogP contribution in [0.4, 0.5) is 0 Å². The first-order valence-corrected chi connectivity index (χ1v) is 12.5. The van der Waals surface area contributed by atoms with Crippen LogP contribution in [0.2, 0.25) is 0 Å². The van der Waals surface area contributed by atoms with Crippen LogP contribution in [-0.2, 0) is 16.1 Å². The summed E-state index contributed by atoms with van der Waals surface area (Å²) in [5.41, 5.74) is 3.89. The van der Waals surface area contributed by atoms with Crippen LogP contribution in [0.15, 0.2) is 74.2 Å². The van der Waals surface area contributed by atoms with Gasteiger partial charge in [-0.15, -0.1) is 0 Å². The third-order valence-corrected chi connectivity index (χ3v) is 7.73. The molecule has 33 heavy (non-hydrogen) atoms. The SMILES string of the molecule is COc1cc(/C=C2\N=C(c3ccc(I)c(Br)c3)OC2=O)cc(Br)c1OCc1cccc(C)c1. The molecule has 5 nitrogen and oxygen atoms in total. The van der Waals surface area contributed by atoms with Crippen molar-refractivity contribution in [2.24, 2.45) is 4.99 Å². The van der Waals surface area contributed by atoms with Gasteiger partial charge in [0.2, 0.25) is 5.90 Å². The van der Waals surface area contributed by atoms with Gasteiger partial charge >= 0.3 is 5.97 Å². The van der Waals surface area contributed by atoms with Gasteiger partial charge in [-0.1, -0.05) is 29.8 Å². The molecule has 3 aromatic carbocycles. The number of carbonyl (C=O) groups excluding carboxylic acids is 1. The summed E-state index contributed by atoms with van der Waals surface area (Å²) >= 11 is 9.27. The summed E-state index contributed by atoms with van der Waals surface area (Å²) in [5.74, 6) is 0.895. The Kier molecular flexibility index (Phi) is 7.55. The maximum atomic E-state index is 12.4. The maximum Gasteiger partial charge on any atom is 0.363 e. The van der Waals surface area contributed by atoms with E-state index in [4.69, 9.17) is 14.2 Å². The molecule has 3 aromatic rings. The highest BCUT2D eigenvalue weighted by Gasteiger charge is 2.25. The molecular formula is C25H18Br2INO4. The molecule has 0 saturated carbocycles. The predicted molar refractivity (Wildman–Crippen MR) is 144 cm³/mol. The molecule has 0 N–H and O–H groups in total. The first-order valence-electron chi connectivity index (χ1n) is 9.88. The molecule has 0 amide bonds. The third kappa shape index (κ3) is 5.67. The van der Waals surface area contributed by atoms with E-state index in [-0.39, 0.29) is 11.6 Å². The number of aliphatic imine (C=N–C) groups is 1. The molecule has 1 heterocycles. The van der Waals surface area contributed by atoms with Crippen LogP contribution < -0.4 is 9.47 Å². The van der Waals surface area contributed by atoms with E-state index < -0.39 is 5.97 Å². The van der Waals surface area contributed by atoms with Crippen LogP contribution in [0.5, 0.6) is 11.5 Å². The lowest BCUT2D eigenvalue weighted by Gasteiger charge is -2.14. The molecule has 0 atom stereocenters. The van der Waals surface area contributed by atoms with Crippen molar-refractivity contribution in [3.8, 4) is 11.5 Å². The minimum absolute atomic E-state index is 0.210. The highest BCUT2D eigenvalue weighted by atomic mass is 127. The molecule has 0 aromatic heterocycles. The van der Waals surface area contributed by atoms with Crippen LogP contribution in [0.25, 0.3) is 6.08 Å². The molecule has 0 aliphatic carbocycles. The Labute approximate surface area is 222 Å². The lowest BCUT2D eigenvalue weighted by Crippen LogP contribution is -2.05. The van der Waals surface area contributed by atoms with E-state index in [0.717, 1.165) is 24.7 Å². The number of ether oxygens (including phenoxy) is 3. The summed E-state index contributed by atoms with van der Waals surface area (Å²) in [4.78, 5) is 16.8. The second kappa shape index (κ2) is 10.4. The van der Waals surface area contributed by atoms with E-state index in [9.17, 15) is 4.79 Å².